The lowest BCUT2D eigenvalue weighted by Gasteiger charge is -2.20. The summed E-state index contributed by atoms with van der Waals surface area (Å²) in [5, 5.41) is 9.06. The zero-order chi connectivity index (χ0) is 14.8. The Morgan fingerprint density at radius 3 is 2.81 bits per heavy atom. The first-order valence-corrected chi connectivity index (χ1v) is 7.93. The summed E-state index contributed by atoms with van der Waals surface area (Å²) < 4.78 is 2.88. The van der Waals surface area contributed by atoms with Crippen molar-refractivity contribution in [2.75, 3.05) is 19.6 Å². The normalized spacial score (nSPS) is 17.1. The third-order valence-electron chi connectivity index (χ3n) is 4.17. The third-order valence-corrected chi connectivity index (χ3v) is 4.49. The molecular formula is C16H20N4S. The molecule has 0 bridgehead atoms. The van der Waals surface area contributed by atoms with Gasteiger partial charge in [-0.05, 0) is 62.3 Å². The Hall–Kier alpha value is -1.64. The van der Waals surface area contributed by atoms with E-state index in [0.29, 0.717) is 11.5 Å². The zero-order valence-electron chi connectivity index (χ0n) is 12.3. The minimum atomic E-state index is 0.541. The van der Waals surface area contributed by atoms with Crippen molar-refractivity contribution in [3.05, 3.63) is 28.5 Å². The standard InChI is InChI=1S/C16H20N4S/c1-12(10-19-6-2-3-7-19)11-20-15-8-13(9-17)4-5-14(15)18-16(20)21/h4-5,8,12H,2-3,6-7,10-11H2,1H3,(H,18,21). The number of H-pyrrole nitrogens is 1. The van der Waals surface area contributed by atoms with E-state index in [9.17, 15) is 0 Å². The summed E-state index contributed by atoms with van der Waals surface area (Å²) in [4.78, 5) is 5.76. The Kier molecular flexibility index (Phi) is 4.09. The second-order valence-electron chi connectivity index (χ2n) is 6.00. The maximum absolute atomic E-state index is 9.06. The third kappa shape index (κ3) is 3.02. The average Bonchev–Trinajstić information content (AvgIpc) is 3.07. The second kappa shape index (κ2) is 6.00. The van der Waals surface area contributed by atoms with Gasteiger partial charge in [-0.2, -0.15) is 5.26 Å². The van der Waals surface area contributed by atoms with Crippen LogP contribution in [0.15, 0.2) is 18.2 Å². The van der Waals surface area contributed by atoms with E-state index in [4.69, 9.17) is 17.5 Å². The van der Waals surface area contributed by atoms with Gasteiger partial charge >= 0.3 is 0 Å². The van der Waals surface area contributed by atoms with Gasteiger partial charge in [-0.25, -0.2) is 0 Å². The number of nitrogens with one attached hydrogen (secondary N) is 1. The van der Waals surface area contributed by atoms with Gasteiger partial charge < -0.3 is 14.5 Å². The molecule has 0 amide bonds. The molecule has 3 rings (SSSR count). The molecule has 1 unspecified atom stereocenters. The van der Waals surface area contributed by atoms with Crippen molar-refractivity contribution < 1.29 is 0 Å². The van der Waals surface area contributed by atoms with Crippen molar-refractivity contribution >= 4 is 23.3 Å². The maximum atomic E-state index is 9.06. The predicted molar refractivity (Wildman–Crippen MR) is 86.7 cm³/mol. The molecule has 2 aromatic rings. The van der Waals surface area contributed by atoms with Crippen molar-refractivity contribution in [2.24, 2.45) is 5.92 Å². The molecule has 1 aromatic carbocycles. The highest BCUT2D eigenvalue weighted by Gasteiger charge is 2.16. The first kappa shape index (κ1) is 14.3. The number of benzene rings is 1. The molecule has 1 fully saturated rings. The van der Waals surface area contributed by atoms with Crippen LogP contribution >= 0.6 is 12.2 Å². The Morgan fingerprint density at radius 2 is 2.10 bits per heavy atom. The highest BCUT2D eigenvalue weighted by molar-refractivity contribution is 7.71. The smallest absolute Gasteiger partial charge is 0.178 e. The van der Waals surface area contributed by atoms with Crippen LogP contribution in [0.3, 0.4) is 0 Å². The van der Waals surface area contributed by atoms with Gasteiger partial charge in [0.05, 0.1) is 22.7 Å². The number of hydrogen-bond acceptors (Lipinski definition) is 3. The number of fused-ring (bicyclic) bond motifs is 1. The molecule has 1 N–H and O–H groups in total. The highest BCUT2D eigenvalue weighted by atomic mass is 32.1. The van der Waals surface area contributed by atoms with Crippen LogP contribution in [0.25, 0.3) is 11.0 Å². The zero-order valence-corrected chi connectivity index (χ0v) is 13.1. The monoisotopic (exact) mass is 300 g/mol. The van der Waals surface area contributed by atoms with Gasteiger partial charge in [-0.1, -0.05) is 6.92 Å². The maximum Gasteiger partial charge on any atom is 0.178 e. The molecule has 1 aliphatic heterocycles. The van der Waals surface area contributed by atoms with Gasteiger partial charge in [0.15, 0.2) is 4.77 Å². The van der Waals surface area contributed by atoms with Gasteiger partial charge in [-0.3, -0.25) is 0 Å². The van der Waals surface area contributed by atoms with E-state index in [1.54, 1.807) is 0 Å². The molecule has 1 saturated heterocycles. The molecule has 2 heterocycles. The van der Waals surface area contributed by atoms with E-state index >= 15 is 0 Å². The van der Waals surface area contributed by atoms with Crippen LogP contribution < -0.4 is 0 Å². The molecule has 1 aromatic heterocycles. The fraction of sp³-hybridized carbons (Fsp3) is 0.500. The number of aromatic amines is 1. The fourth-order valence-corrected chi connectivity index (χ4v) is 3.46. The van der Waals surface area contributed by atoms with Crippen LogP contribution in [-0.2, 0) is 6.54 Å². The molecule has 0 radical (unpaired) electrons. The van der Waals surface area contributed by atoms with Crippen LogP contribution in [0.1, 0.15) is 25.3 Å². The van der Waals surface area contributed by atoms with Crippen molar-refractivity contribution in [1.29, 1.82) is 5.26 Å². The quantitative estimate of drug-likeness (QED) is 0.881. The summed E-state index contributed by atoms with van der Waals surface area (Å²) in [6.07, 6.45) is 2.65. The Labute approximate surface area is 130 Å². The number of likely N-dealkylation sites (tertiary alicyclic amines) is 1. The molecule has 5 heteroatoms. The van der Waals surface area contributed by atoms with E-state index in [0.717, 1.165) is 28.9 Å². The fourth-order valence-electron chi connectivity index (χ4n) is 3.18. The van der Waals surface area contributed by atoms with E-state index in [-0.39, 0.29) is 0 Å². The van der Waals surface area contributed by atoms with Gasteiger partial charge in [0.25, 0.3) is 0 Å². The summed E-state index contributed by atoms with van der Waals surface area (Å²) in [7, 11) is 0. The summed E-state index contributed by atoms with van der Waals surface area (Å²) in [6.45, 7) is 6.73. The second-order valence-corrected chi connectivity index (χ2v) is 6.38. The van der Waals surface area contributed by atoms with Crippen LogP contribution in [0, 0.1) is 22.0 Å². The molecule has 0 saturated carbocycles. The molecule has 1 atom stereocenters. The van der Waals surface area contributed by atoms with Gasteiger partial charge in [-0.15, -0.1) is 0 Å². The van der Waals surface area contributed by atoms with E-state index < -0.39 is 0 Å². The molecular weight excluding hydrogens is 280 g/mol. The lowest BCUT2D eigenvalue weighted by atomic mass is 10.1. The van der Waals surface area contributed by atoms with Crippen molar-refractivity contribution in [2.45, 2.75) is 26.3 Å². The van der Waals surface area contributed by atoms with Crippen LogP contribution in [-0.4, -0.2) is 34.1 Å². The first-order chi connectivity index (χ1) is 10.2. The average molecular weight is 300 g/mol. The lowest BCUT2D eigenvalue weighted by Crippen LogP contribution is -2.27. The van der Waals surface area contributed by atoms with E-state index in [1.807, 2.05) is 18.2 Å². The summed E-state index contributed by atoms with van der Waals surface area (Å²) in [5.74, 6) is 0.541. The molecule has 0 aliphatic carbocycles. The number of rotatable bonds is 4. The summed E-state index contributed by atoms with van der Waals surface area (Å²) in [5.41, 5.74) is 2.72. The topological polar surface area (TPSA) is 47.8 Å². The number of hydrogen-bond donors (Lipinski definition) is 1. The van der Waals surface area contributed by atoms with Crippen molar-refractivity contribution in [1.82, 2.24) is 14.5 Å². The number of nitrogens with zero attached hydrogens (tertiary/aromatic N) is 3. The van der Waals surface area contributed by atoms with Crippen LogP contribution in [0.5, 0.6) is 0 Å². The SMILES string of the molecule is CC(CN1CCCC1)Cn1c(=S)[nH]c2ccc(C#N)cc21. The van der Waals surface area contributed by atoms with Gasteiger partial charge in [0.2, 0.25) is 0 Å². The Bertz CT molecular complexity index is 731. The van der Waals surface area contributed by atoms with E-state index in [1.165, 1.54) is 25.9 Å². The first-order valence-electron chi connectivity index (χ1n) is 7.52. The van der Waals surface area contributed by atoms with Crippen LogP contribution in [0.4, 0.5) is 0 Å². The van der Waals surface area contributed by atoms with Crippen molar-refractivity contribution in [3.63, 3.8) is 0 Å². The number of aromatic nitrogens is 2. The Balaban J connectivity index is 1.83. The van der Waals surface area contributed by atoms with Gasteiger partial charge in [0, 0.05) is 13.1 Å². The van der Waals surface area contributed by atoms with E-state index in [2.05, 4.69) is 27.4 Å². The number of imidazole rings is 1. The van der Waals surface area contributed by atoms with Crippen LogP contribution in [0.2, 0.25) is 0 Å². The minimum Gasteiger partial charge on any atom is -0.331 e. The van der Waals surface area contributed by atoms with Crippen molar-refractivity contribution in [3.8, 4) is 6.07 Å². The predicted octanol–water partition coefficient (Wildman–Crippen LogP) is 3.30. The molecule has 0 spiro atoms. The molecule has 21 heavy (non-hydrogen) atoms. The summed E-state index contributed by atoms with van der Waals surface area (Å²) >= 11 is 5.44. The summed E-state index contributed by atoms with van der Waals surface area (Å²) in [6, 6.07) is 7.88. The highest BCUT2D eigenvalue weighted by Crippen LogP contribution is 2.19. The molecule has 110 valence electrons. The largest absolute Gasteiger partial charge is 0.331 e. The Morgan fingerprint density at radius 1 is 1.33 bits per heavy atom. The minimum absolute atomic E-state index is 0.541. The molecule has 1 aliphatic rings. The van der Waals surface area contributed by atoms with Gasteiger partial charge in [0.1, 0.15) is 0 Å². The lowest BCUT2D eigenvalue weighted by molar-refractivity contribution is 0.272. The number of nitriles is 1. The molecule has 4 nitrogen and oxygen atoms in total.